The molecule has 2 aromatic rings. The van der Waals surface area contributed by atoms with Crippen molar-refractivity contribution in [1.82, 2.24) is 20.6 Å². The van der Waals surface area contributed by atoms with Crippen molar-refractivity contribution in [3.05, 3.63) is 30.1 Å². The van der Waals surface area contributed by atoms with E-state index in [1.54, 1.807) is 7.05 Å². The van der Waals surface area contributed by atoms with Gasteiger partial charge in [-0.05, 0) is 25.0 Å². The first-order valence-corrected chi connectivity index (χ1v) is 7.21. The van der Waals surface area contributed by atoms with Crippen molar-refractivity contribution in [3.8, 4) is 0 Å². The van der Waals surface area contributed by atoms with Crippen LogP contribution in [0.1, 0.15) is 25.6 Å². The average molecular weight is 401 g/mol. The lowest BCUT2D eigenvalue weighted by atomic mass is 10.3. The largest absolute Gasteiger partial charge is 0.356 e. The maximum absolute atomic E-state index is 4.57. The van der Waals surface area contributed by atoms with Crippen LogP contribution in [0.25, 0.3) is 11.0 Å². The van der Waals surface area contributed by atoms with Gasteiger partial charge in [0.2, 0.25) is 0 Å². The number of benzene rings is 1. The first-order valence-electron chi connectivity index (χ1n) is 7.21. The monoisotopic (exact) mass is 401 g/mol. The van der Waals surface area contributed by atoms with Crippen molar-refractivity contribution in [2.45, 2.75) is 26.2 Å². The Morgan fingerprint density at radius 1 is 1.24 bits per heavy atom. The molecule has 5 nitrogen and oxygen atoms in total. The molecule has 21 heavy (non-hydrogen) atoms. The van der Waals surface area contributed by atoms with Gasteiger partial charge < -0.3 is 15.6 Å². The molecule has 0 unspecified atom stereocenters. The number of hydrogen-bond donors (Lipinski definition) is 3. The molecule has 0 radical (unpaired) electrons. The smallest absolute Gasteiger partial charge is 0.190 e. The molecule has 0 fully saturated rings. The minimum atomic E-state index is 0. The van der Waals surface area contributed by atoms with Crippen LogP contribution in [0.5, 0.6) is 0 Å². The van der Waals surface area contributed by atoms with Crippen molar-refractivity contribution in [2.75, 3.05) is 20.1 Å². The number of nitrogens with one attached hydrogen (secondary N) is 3. The predicted molar refractivity (Wildman–Crippen MR) is 99.5 cm³/mol. The number of aromatic nitrogens is 2. The molecule has 0 aliphatic heterocycles. The first kappa shape index (κ1) is 17.7. The number of halogens is 1. The molecular formula is C15H24IN5. The first-order chi connectivity index (χ1) is 9.83. The van der Waals surface area contributed by atoms with Crippen molar-refractivity contribution < 1.29 is 0 Å². The van der Waals surface area contributed by atoms with Crippen LogP contribution < -0.4 is 10.6 Å². The summed E-state index contributed by atoms with van der Waals surface area (Å²) in [6.45, 7) is 3.98. The van der Waals surface area contributed by atoms with Gasteiger partial charge in [0.1, 0.15) is 5.82 Å². The SMILES string of the molecule is CCCNC(=NC)NCCCc1nc2ccccc2[nH]1.I. The standard InChI is InChI=1S/C15H23N5.HI/c1-3-10-17-15(16-2)18-11-6-9-14-19-12-7-4-5-8-13(12)20-14;/h4-5,7-8H,3,6,9-11H2,1-2H3,(H,19,20)(H2,16,17,18);1H. The molecule has 1 heterocycles. The molecule has 3 N–H and O–H groups in total. The van der Waals surface area contributed by atoms with Gasteiger partial charge in [-0.15, -0.1) is 24.0 Å². The Hall–Kier alpha value is -1.31. The van der Waals surface area contributed by atoms with Crippen LogP contribution in [-0.4, -0.2) is 36.1 Å². The van der Waals surface area contributed by atoms with Gasteiger partial charge in [-0.1, -0.05) is 19.1 Å². The topological polar surface area (TPSA) is 65.1 Å². The fourth-order valence-electron chi connectivity index (χ4n) is 2.05. The summed E-state index contributed by atoms with van der Waals surface area (Å²) in [4.78, 5) is 12.1. The molecule has 116 valence electrons. The quantitative estimate of drug-likeness (QED) is 0.302. The molecule has 0 spiro atoms. The van der Waals surface area contributed by atoms with Crippen LogP contribution in [0.15, 0.2) is 29.3 Å². The van der Waals surface area contributed by atoms with Gasteiger partial charge in [-0.3, -0.25) is 4.99 Å². The molecule has 1 aromatic carbocycles. The van der Waals surface area contributed by atoms with Gasteiger partial charge in [0.25, 0.3) is 0 Å². The Morgan fingerprint density at radius 2 is 2.00 bits per heavy atom. The normalized spacial score (nSPS) is 11.2. The summed E-state index contributed by atoms with van der Waals surface area (Å²) in [6, 6.07) is 8.12. The zero-order valence-corrected chi connectivity index (χ0v) is 15.0. The summed E-state index contributed by atoms with van der Waals surface area (Å²) in [5.74, 6) is 1.92. The fraction of sp³-hybridized carbons (Fsp3) is 0.467. The minimum Gasteiger partial charge on any atom is -0.356 e. The highest BCUT2D eigenvalue weighted by Crippen LogP contribution is 2.10. The predicted octanol–water partition coefficient (Wildman–Crippen LogP) is 2.69. The number of fused-ring (bicyclic) bond motifs is 1. The number of H-pyrrole nitrogens is 1. The van der Waals surface area contributed by atoms with E-state index in [1.807, 2.05) is 18.2 Å². The number of aliphatic imine (C=N–C) groups is 1. The second-order valence-electron chi connectivity index (χ2n) is 4.73. The third kappa shape index (κ3) is 5.53. The molecule has 0 saturated carbocycles. The lowest BCUT2D eigenvalue weighted by Gasteiger charge is -2.10. The average Bonchev–Trinajstić information content (AvgIpc) is 2.89. The molecule has 6 heteroatoms. The molecule has 0 saturated heterocycles. The van der Waals surface area contributed by atoms with Crippen LogP contribution in [-0.2, 0) is 6.42 Å². The van der Waals surface area contributed by atoms with E-state index in [-0.39, 0.29) is 24.0 Å². The second-order valence-corrected chi connectivity index (χ2v) is 4.73. The molecule has 0 bridgehead atoms. The highest BCUT2D eigenvalue weighted by Gasteiger charge is 2.02. The summed E-state index contributed by atoms with van der Waals surface area (Å²) >= 11 is 0. The number of hydrogen-bond acceptors (Lipinski definition) is 2. The molecular weight excluding hydrogens is 377 g/mol. The maximum atomic E-state index is 4.57. The number of aryl methyl sites for hydroxylation is 1. The molecule has 0 aliphatic carbocycles. The third-order valence-electron chi connectivity index (χ3n) is 3.09. The Kier molecular flexibility index (Phi) is 8.11. The van der Waals surface area contributed by atoms with Crippen molar-refractivity contribution in [1.29, 1.82) is 0 Å². The highest BCUT2D eigenvalue weighted by molar-refractivity contribution is 14.0. The van der Waals surface area contributed by atoms with Gasteiger partial charge in [0.05, 0.1) is 11.0 Å². The van der Waals surface area contributed by atoms with Crippen LogP contribution >= 0.6 is 24.0 Å². The van der Waals surface area contributed by atoms with E-state index in [4.69, 9.17) is 0 Å². The fourth-order valence-corrected chi connectivity index (χ4v) is 2.05. The number of aromatic amines is 1. The zero-order valence-electron chi connectivity index (χ0n) is 12.6. The molecule has 0 aliphatic rings. The van der Waals surface area contributed by atoms with Crippen molar-refractivity contribution >= 4 is 41.0 Å². The summed E-state index contributed by atoms with van der Waals surface area (Å²) in [7, 11) is 1.80. The lowest BCUT2D eigenvalue weighted by molar-refractivity contribution is 0.721. The van der Waals surface area contributed by atoms with Crippen LogP contribution in [0, 0.1) is 0 Å². The Labute approximate surface area is 143 Å². The Morgan fingerprint density at radius 3 is 2.71 bits per heavy atom. The summed E-state index contributed by atoms with van der Waals surface area (Å²) in [6.07, 6.45) is 3.05. The van der Waals surface area contributed by atoms with Gasteiger partial charge in [-0.25, -0.2) is 4.98 Å². The van der Waals surface area contributed by atoms with Gasteiger partial charge in [0.15, 0.2) is 5.96 Å². The Bertz CT molecular complexity index is 531. The van der Waals surface area contributed by atoms with E-state index >= 15 is 0 Å². The van der Waals surface area contributed by atoms with Crippen molar-refractivity contribution in [2.24, 2.45) is 4.99 Å². The van der Waals surface area contributed by atoms with Crippen LogP contribution in [0.2, 0.25) is 0 Å². The van der Waals surface area contributed by atoms with Crippen LogP contribution in [0.3, 0.4) is 0 Å². The number of nitrogens with zero attached hydrogens (tertiary/aromatic N) is 2. The summed E-state index contributed by atoms with van der Waals surface area (Å²) < 4.78 is 0. The highest BCUT2D eigenvalue weighted by atomic mass is 127. The maximum Gasteiger partial charge on any atom is 0.190 e. The second kappa shape index (κ2) is 9.59. The molecule has 1 aromatic heterocycles. The van der Waals surface area contributed by atoms with E-state index in [2.05, 4.69) is 38.6 Å². The summed E-state index contributed by atoms with van der Waals surface area (Å²) in [5, 5.41) is 6.56. The molecule has 2 rings (SSSR count). The van der Waals surface area contributed by atoms with Gasteiger partial charge in [0, 0.05) is 26.6 Å². The van der Waals surface area contributed by atoms with E-state index in [0.29, 0.717) is 0 Å². The van der Waals surface area contributed by atoms with E-state index in [0.717, 1.165) is 55.2 Å². The number of rotatable bonds is 6. The zero-order chi connectivity index (χ0) is 14.2. The molecule has 0 amide bonds. The van der Waals surface area contributed by atoms with Gasteiger partial charge >= 0.3 is 0 Å². The van der Waals surface area contributed by atoms with Crippen molar-refractivity contribution in [3.63, 3.8) is 0 Å². The van der Waals surface area contributed by atoms with E-state index < -0.39 is 0 Å². The molecule has 0 atom stereocenters. The summed E-state index contributed by atoms with van der Waals surface area (Å²) in [5.41, 5.74) is 2.15. The van der Waals surface area contributed by atoms with Gasteiger partial charge in [-0.2, -0.15) is 0 Å². The van der Waals surface area contributed by atoms with E-state index in [9.17, 15) is 0 Å². The minimum absolute atomic E-state index is 0. The lowest BCUT2D eigenvalue weighted by Crippen LogP contribution is -2.38. The number of guanidine groups is 1. The van der Waals surface area contributed by atoms with Crippen LogP contribution in [0.4, 0.5) is 0 Å². The number of para-hydroxylation sites is 2. The van der Waals surface area contributed by atoms with E-state index in [1.165, 1.54) is 0 Å². The number of imidazole rings is 1. The Balaban J connectivity index is 0.00000220. The third-order valence-corrected chi connectivity index (χ3v) is 3.09.